The Hall–Kier alpha value is -2.78. The summed E-state index contributed by atoms with van der Waals surface area (Å²) in [5.74, 6) is -0.375. The van der Waals surface area contributed by atoms with Crippen LogP contribution in [0.25, 0.3) is 0 Å². The molecule has 1 N–H and O–H groups in total. The zero-order valence-electron chi connectivity index (χ0n) is 22.6. The Morgan fingerprint density at radius 1 is 1.11 bits per heavy atom. The average Bonchev–Trinajstić information content (AvgIpc) is 2.88. The Morgan fingerprint density at radius 2 is 1.76 bits per heavy atom. The van der Waals surface area contributed by atoms with E-state index >= 15 is 0 Å². The third kappa shape index (κ3) is 7.86. The van der Waals surface area contributed by atoms with Crippen molar-refractivity contribution in [2.45, 2.75) is 71.0 Å². The number of methoxy groups -OCH3 is 1. The average molecular weight is 564 g/mol. The van der Waals surface area contributed by atoms with Crippen molar-refractivity contribution in [1.82, 2.24) is 10.2 Å². The van der Waals surface area contributed by atoms with Crippen molar-refractivity contribution < 1.29 is 22.7 Å². The van der Waals surface area contributed by atoms with E-state index in [1.54, 1.807) is 42.5 Å². The van der Waals surface area contributed by atoms with Crippen molar-refractivity contribution in [2.75, 3.05) is 24.2 Å². The Kier molecular flexibility index (Phi) is 10.4. The predicted molar refractivity (Wildman–Crippen MR) is 151 cm³/mol. The van der Waals surface area contributed by atoms with Gasteiger partial charge < -0.3 is 15.0 Å². The van der Waals surface area contributed by atoms with Crippen molar-refractivity contribution in [1.29, 1.82) is 0 Å². The second kappa shape index (κ2) is 13.3. The monoisotopic (exact) mass is 563 g/mol. The van der Waals surface area contributed by atoms with E-state index < -0.39 is 28.5 Å². The molecule has 2 amide bonds. The molecule has 38 heavy (non-hydrogen) atoms. The lowest BCUT2D eigenvalue weighted by Gasteiger charge is -2.34. The molecule has 3 rings (SSSR count). The van der Waals surface area contributed by atoms with Gasteiger partial charge in [-0.15, -0.1) is 0 Å². The van der Waals surface area contributed by atoms with E-state index in [9.17, 15) is 18.0 Å². The third-order valence-electron chi connectivity index (χ3n) is 6.89. The number of nitrogens with one attached hydrogen (secondary N) is 1. The summed E-state index contributed by atoms with van der Waals surface area (Å²) in [4.78, 5) is 28.8. The molecular weight excluding hydrogens is 526 g/mol. The number of hydrogen-bond acceptors (Lipinski definition) is 5. The molecule has 1 atom stereocenters. The number of halogens is 1. The van der Waals surface area contributed by atoms with Gasteiger partial charge in [0, 0.05) is 17.6 Å². The van der Waals surface area contributed by atoms with Crippen molar-refractivity contribution in [3.63, 3.8) is 0 Å². The first-order valence-electron chi connectivity index (χ1n) is 13.0. The number of ether oxygens (including phenoxy) is 1. The Labute approximate surface area is 231 Å². The molecular formula is C28H38ClN3O5S. The van der Waals surface area contributed by atoms with E-state index in [4.69, 9.17) is 16.3 Å². The first-order valence-corrected chi connectivity index (χ1v) is 15.2. The van der Waals surface area contributed by atoms with Gasteiger partial charge in [-0.25, -0.2) is 8.42 Å². The Bertz CT molecular complexity index is 1210. The van der Waals surface area contributed by atoms with Crippen molar-refractivity contribution in [2.24, 2.45) is 0 Å². The first kappa shape index (κ1) is 29.8. The normalized spacial score (nSPS) is 15.0. The minimum atomic E-state index is -3.86. The molecule has 0 radical (unpaired) electrons. The van der Waals surface area contributed by atoms with Gasteiger partial charge in [-0.2, -0.15) is 0 Å². The number of rotatable bonds is 11. The van der Waals surface area contributed by atoms with Crippen molar-refractivity contribution >= 4 is 39.1 Å². The van der Waals surface area contributed by atoms with Crippen LogP contribution in [-0.2, 0) is 26.2 Å². The summed E-state index contributed by atoms with van der Waals surface area (Å²) in [6, 6.07) is 11.5. The molecule has 0 bridgehead atoms. The molecule has 0 unspecified atom stereocenters. The van der Waals surface area contributed by atoms with Crippen LogP contribution < -0.4 is 14.4 Å². The largest absolute Gasteiger partial charge is 0.495 e. The smallest absolute Gasteiger partial charge is 0.244 e. The molecule has 0 heterocycles. The van der Waals surface area contributed by atoms with Crippen LogP contribution >= 0.6 is 11.6 Å². The van der Waals surface area contributed by atoms with Crippen LogP contribution in [0, 0.1) is 6.92 Å². The highest BCUT2D eigenvalue weighted by Crippen LogP contribution is 2.31. The summed E-state index contributed by atoms with van der Waals surface area (Å²) < 4.78 is 32.3. The minimum absolute atomic E-state index is 0.0851. The summed E-state index contributed by atoms with van der Waals surface area (Å²) in [7, 11) is -2.41. The zero-order valence-corrected chi connectivity index (χ0v) is 24.1. The summed E-state index contributed by atoms with van der Waals surface area (Å²) in [5.41, 5.74) is 1.87. The van der Waals surface area contributed by atoms with Crippen LogP contribution in [0.2, 0.25) is 5.02 Å². The van der Waals surface area contributed by atoms with Crippen LogP contribution in [-0.4, -0.2) is 57.1 Å². The standard InChI is InChI=1S/C28H38ClN3O5S/c1-5-24(28(34)30-23-9-7-6-8-10-23)31(18-21-12-14-22(29)15-13-21)27(33)19-32(38(4,35)36)25-17-20(2)11-16-26(25)37-3/h11-17,23-24H,5-10,18-19H2,1-4H3,(H,30,34)/t24-/m1/s1. The van der Waals surface area contributed by atoms with Gasteiger partial charge in [0.25, 0.3) is 0 Å². The maximum Gasteiger partial charge on any atom is 0.244 e. The molecule has 8 nitrogen and oxygen atoms in total. The molecule has 0 spiro atoms. The molecule has 10 heteroatoms. The number of nitrogens with zero attached hydrogens (tertiary/aromatic N) is 2. The summed E-state index contributed by atoms with van der Waals surface area (Å²) in [6.45, 7) is 3.35. The summed E-state index contributed by atoms with van der Waals surface area (Å²) >= 11 is 6.06. The number of anilines is 1. The lowest BCUT2D eigenvalue weighted by molar-refractivity contribution is -0.140. The summed E-state index contributed by atoms with van der Waals surface area (Å²) in [5, 5.41) is 3.69. The van der Waals surface area contributed by atoms with Gasteiger partial charge in [0.05, 0.1) is 19.1 Å². The second-order valence-corrected chi connectivity index (χ2v) is 12.2. The zero-order chi connectivity index (χ0) is 27.9. The number of carbonyl (C=O) groups is 2. The van der Waals surface area contributed by atoms with E-state index in [-0.39, 0.29) is 24.2 Å². The highest BCUT2D eigenvalue weighted by atomic mass is 35.5. The van der Waals surface area contributed by atoms with E-state index in [2.05, 4.69) is 5.32 Å². The van der Waals surface area contributed by atoms with Crippen molar-refractivity contribution in [3.8, 4) is 5.75 Å². The molecule has 1 aliphatic rings. The van der Waals surface area contributed by atoms with Gasteiger partial charge in [-0.3, -0.25) is 13.9 Å². The fraction of sp³-hybridized carbons (Fsp3) is 0.500. The minimum Gasteiger partial charge on any atom is -0.495 e. The SMILES string of the molecule is CC[C@H](C(=O)NC1CCCCC1)N(Cc1ccc(Cl)cc1)C(=O)CN(c1cc(C)ccc1OC)S(C)(=O)=O. The second-order valence-electron chi connectivity index (χ2n) is 9.86. The van der Waals surface area contributed by atoms with Gasteiger partial charge in [0.15, 0.2) is 0 Å². The molecule has 1 fully saturated rings. The van der Waals surface area contributed by atoms with E-state index in [0.29, 0.717) is 17.2 Å². The van der Waals surface area contributed by atoms with Gasteiger partial charge >= 0.3 is 0 Å². The maximum atomic E-state index is 13.9. The fourth-order valence-electron chi connectivity index (χ4n) is 4.84. The number of aryl methyl sites for hydroxylation is 1. The van der Waals surface area contributed by atoms with Gasteiger partial charge in [0.2, 0.25) is 21.8 Å². The van der Waals surface area contributed by atoms with Gasteiger partial charge in [-0.05, 0) is 61.6 Å². The van der Waals surface area contributed by atoms with E-state index in [0.717, 1.165) is 53.8 Å². The van der Waals surface area contributed by atoms with Crippen LogP contribution in [0.3, 0.4) is 0 Å². The number of sulfonamides is 1. The molecule has 208 valence electrons. The molecule has 0 aromatic heterocycles. The number of hydrogen-bond donors (Lipinski definition) is 1. The Balaban J connectivity index is 1.95. The number of amides is 2. The quantitative estimate of drug-likeness (QED) is 0.428. The first-order chi connectivity index (χ1) is 18.0. The van der Waals surface area contributed by atoms with Gasteiger partial charge in [0.1, 0.15) is 18.3 Å². The molecule has 2 aromatic carbocycles. The van der Waals surface area contributed by atoms with Crippen molar-refractivity contribution in [3.05, 3.63) is 58.6 Å². The fourth-order valence-corrected chi connectivity index (χ4v) is 5.81. The molecule has 0 aliphatic heterocycles. The number of benzene rings is 2. The predicted octanol–water partition coefficient (Wildman–Crippen LogP) is 4.68. The number of carbonyl (C=O) groups excluding carboxylic acids is 2. The van der Waals surface area contributed by atoms with Crippen LogP contribution in [0.5, 0.6) is 5.75 Å². The maximum absolute atomic E-state index is 13.9. The van der Waals surface area contributed by atoms with Crippen LogP contribution in [0.1, 0.15) is 56.6 Å². The lowest BCUT2D eigenvalue weighted by atomic mass is 9.95. The molecule has 2 aromatic rings. The molecule has 1 aliphatic carbocycles. The third-order valence-corrected chi connectivity index (χ3v) is 8.26. The van der Waals surface area contributed by atoms with Crippen LogP contribution in [0.15, 0.2) is 42.5 Å². The lowest BCUT2D eigenvalue weighted by Crippen LogP contribution is -2.54. The topological polar surface area (TPSA) is 96.0 Å². The highest BCUT2D eigenvalue weighted by Gasteiger charge is 2.33. The van der Waals surface area contributed by atoms with Gasteiger partial charge in [-0.1, -0.05) is 56.0 Å². The summed E-state index contributed by atoms with van der Waals surface area (Å²) in [6.07, 6.45) is 6.57. The van der Waals surface area contributed by atoms with E-state index in [1.807, 2.05) is 13.8 Å². The molecule has 1 saturated carbocycles. The Morgan fingerprint density at radius 3 is 2.34 bits per heavy atom. The van der Waals surface area contributed by atoms with Crippen LogP contribution in [0.4, 0.5) is 5.69 Å². The highest BCUT2D eigenvalue weighted by molar-refractivity contribution is 7.92. The molecule has 0 saturated heterocycles. The van der Waals surface area contributed by atoms with E-state index in [1.165, 1.54) is 12.0 Å².